The van der Waals surface area contributed by atoms with E-state index in [-0.39, 0.29) is 0 Å². The molecule has 0 aliphatic rings. The second-order valence-corrected chi connectivity index (χ2v) is 4.48. The first-order chi connectivity index (χ1) is 9.08. The summed E-state index contributed by atoms with van der Waals surface area (Å²) in [6.45, 7) is 8.25. The van der Waals surface area contributed by atoms with Gasteiger partial charge in [0.05, 0.1) is 5.56 Å². The number of hydrogen-bond donors (Lipinski definition) is 3. The molecule has 5 N–H and O–H groups in total. The molecule has 0 saturated carbocycles. The molecule has 106 valence electrons. The first-order valence-corrected chi connectivity index (χ1v) is 6.74. The summed E-state index contributed by atoms with van der Waals surface area (Å²) >= 11 is 0. The van der Waals surface area contributed by atoms with E-state index in [4.69, 9.17) is 11.5 Å². The van der Waals surface area contributed by atoms with Crippen molar-refractivity contribution in [2.75, 3.05) is 37.2 Å². The molecule has 0 aliphatic heterocycles. The van der Waals surface area contributed by atoms with Gasteiger partial charge in [-0.2, -0.15) is 0 Å². The summed E-state index contributed by atoms with van der Waals surface area (Å²) in [4.78, 5) is 13.7. The SMILES string of the molecule is CCN(CC)CCCNc1cc(N)ccc1C(N)=O. The number of carbonyl (C=O) groups is 1. The number of primary amides is 1. The third-order valence-corrected chi connectivity index (χ3v) is 3.17. The molecular formula is C14H24N4O. The van der Waals surface area contributed by atoms with Crippen molar-refractivity contribution in [2.24, 2.45) is 5.73 Å². The van der Waals surface area contributed by atoms with Crippen molar-refractivity contribution in [1.29, 1.82) is 0 Å². The highest BCUT2D eigenvalue weighted by molar-refractivity contribution is 5.99. The number of nitrogens with two attached hydrogens (primary N) is 2. The Morgan fingerprint density at radius 3 is 2.58 bits per heavy atom. The van der Waals surface area contributed by atoms with Crippen LogP contribution >= 0.6 is 0 Å². The number of anilines is 2. The van der Waals surface area contributed by atoms with Crippen LogP contribution in [-0.2, 0) is 0 Å². The average molecular weight is 264 g/mol. The lowest BCUT2D eigenvalue weighted by molar-refractivity contribution is 0.100. The van der Waals surface area contributed by atoms with Crippen molar-refractivity contribution in [1.82, 2.24) is 4.90 Å². The number of rotatable bonds is 8. The third-order valence-electron chi connectivity index (χ3n) is 3.17. The molecular weight excluding hydrogens is 240 g/mol. The molecule has 0 atom stereocenters. The van der Waals surface area contributed by atoms with Crippen molar-refractivity contribution >= 4 is 17.3 Å². The van der Waals surface area contributed by atoms with Gasteiger partial charge in [-0.25, -0.2) is 0 Å². The summed E-state index contributed by atoms with van der Waals surface area (Å²) in [5.41, 5.74) is 12.9. The van der Waals surface area contributed by atoms with Crippen LogP contribution in [0, 0.1) is 0 Å². The lowest BCUT2D eigenvalue weighted by Gasteiger charge is -2.18. The minimum atomic E-state index is -0.439. The van der Waals surface area contributed by atoms with Gasteiger partial charge in [0.15, 0.2) is 0 Å². The summed E-state index contributed by atoms with van der Waals surface area (Å²) in [7, 11) is 0. The van der Waals surface area contributed by atoms with Gasteiger partial charge in [-0.3, -0.25) is 4.79 Å². The molecule has 0 spiro atoms. The Kier molecular flexibility index (Phi) is 6.15. The van der Waals surface area contributed by atoms with Crippen LogP contribution in [0.5, 0.6) is 0 Å². The zero-order chi connectivity index (χ0) is 14.3. The summed E-state index contributed by atoms with van der Waals surface area (Å²) in [5, 5.41) is 3.23. The molecule has 1 aromatic carbocycles. The van der Waals surface area contributed by atoms with E-state index in [9.17, 15) is 4.79 Å². The van der Waals surface area contributed by atoms with E-state index in [2.05, 4.69) is 24.1 Å². The highest BCUT2D eigenvalue weighted by Gasteiger charge is 2.08. The van der Waals surface area contributed by atoms with E-state index >= 15 is 0 Å². The van der Waals surface area contributed by atoms with Crippen molar-refractivity contribution in [3.05, 3.63) is 23.8 Å². The number of nitrogens with one attached hydrogen (secondary N) is 1. The fourth-order valence-electron chi connectivity index (χ4n) is 1.99. The Bertz CT molecular complexity index is 416. The van der Waals surface area contributed by atoms with Gasteiger partial charge >= 0.3 is 0 Å². The molecule has 1 rings (SSSR count). The van der Waals surface area contributed by atoms with Crippen LogP contribution < -0.4 is 16.8 Å². The molecule has 5 nitrogen and oxygen atoms in total. The maximum absolute atomic E-state index is 11.3. The number of nitrogens with zero attached hydrogens (tertiary/aromatic N) is 1. The van der Waals surface area contributed by atoms with E-state index in [1.165, 1.54) is 0 Å². The molecule has 0 aliphatic carbocycles. The van der Waals surface area contributed by atoms with Crippen LogP contribution in [0.4, 0.5) is 11.4 Å². The summed E-state index contributed by atoms with van der Waals surface area (Å²) < 4.78 is 0. The molecule has 1 aromatic rings. The second kappa shape index (κ2) is 7.63. The van der Waals surface area contributed by atoms with Crippen LogP contribution in [0.1, 0.15) is 30.6 Å². The smallest absolute Gasteiger partial charge is 0.250 e. The number of hydrogen-bond acceptors (Lipinski definition) is 4. The number of benzene rings is 1. The predicted octanol–water partition coefficient (Wildman–Crippen LogP) is 1.51. The fraction of sp³-hybridized carbons (Fsp3) is 0.500. The summed E-state index contributed by atoms with van der Waals surface area (Å²) in [5.74, 6) is -0.439. The molecule has 0 bridgehead atoms. The van der Waals surface area contributed by atoms with Gasteiger partial charge in [0.2, 0.25) is 0 Å². The Morgan fingerprint density at radius 1 is 1.32 bits per heavy atom. The van der Waals surface area contributed by atoms with Gasteiger partial charge in [0.25, 0.3) is 5.91 Å². The van der Waals surface area contributed by atoms with Gasteiger partial charge in [0, 0.05) is 17.9 Å². The Labute approximate surface area is 115 Å². The largest absolute Gasteiger partial charge is 0.399 e. The quantitative estimate of drug-likeness (QED) is 0.491. The maximum Gasteiger partial charge on any atom is 0.250 e. The van der Waals surface area contributed by atoms with Crippen LogP contribution in [0.2, 0.25) is 0 Å². The van der Waals surface area contributed by atoms with Gasteiger partial charge in [-0.05, 0) is 44.3 Å². The van der Waals surface area contributed by atoms with E-state index in [1.807, 2.05) is 0 Å². The monoisotopic (exact) mass is 264 g/mol. The van der Waals surface area contributed by atoms with E-state index in [1.54, 1.807) is 18.2 Å². The van der Waals surface area contributed by atoms with Crippen LogP contribution in [0.25, 0.3) is 0 Å². The molecule has 1 amide bonds. The lowest BCUT2D eigenvalue weighted by Crippen LogP contribution is -2.25. The van der Waals surface area contributed by atoms with E-state index in [0.717, 1.165) is 32.6 Å². The van der Waals surface area contributed by atoms with Gasteiger partial charge in [0.1, 0.15) is 0 Å². The highest BCUT2D eigenvalue weighted by Crippen LogP contribution is 2.18. The van der Waals surface area contributed by atoms with Crippen molar-refractivity contribution < 1.29 is 4.79 Å². The van der Waals surface area contributed by atoms with Gasteiger partial charge in [-0.15, -0.1) is 0 Å². The molecule has 0 radical (unpaired) electrons. The lowest BCUT2D eigenvalue weighted by atomic mass is 10.1. The van der Waals surface area contributed by atoms with Crippen molar-refractivity contribution in [3.63, 3.8) is 0 Å². The topological polar surface area (TPSA) is 84.4 Å². The summed E-state index contributed by atoms with van der Waals surface area (Å²) in [6, 6.07) is 5.09. The molecule has 19 heavy (non-hydrogen) atoms. The van der Waals surface area contributed by atoms with E-state index < -0.39 is 5.91 Å². The van der Waals surface area contributed by atoms with Gasteiger partial charge in [-0.1, -0.05) is 13.8 Å². The Balaban J connectivity index is 2.53. The second-order valence-electron chi connectivity index (χ2n) is 4.48. The van der Waals surface area contributed by atoms with E-state index in [0.29, 0.717) is 16.9 Å². The molecule has 0 saturated heterocycles. The predicted molar refractivity (Wildman–Crippen MR) is 80.3 cm³/mol. The zero-order valence-corrected chi connectivity index (χ0v) is 11.8. The summed E-state index contributed by atoms with van der Waals surface area (Å²) in [6.07, 6.45) is 1.01. The third kappa shape index (κ3) is 4.79. The van der Waals surface area contributed by atoms with Crippen molar-refractivity contribution in [2.45, 2.75) is 20.3 Å². The first kappa shape index (κ1) is 15.3. The maximum atomic E-state index is 11.3. The van der Waals surface area contributed by atoms with Crippen LogP contribution in [-0.4, -0.2) is 37.0 Å². The number of carbonyl (C=O) groups excluding carboxylic acids is 1. The molecule has 0 unspecified atom stereocenters. The minimum Gasteiger partial charge on any atom is -0.399 e. The Hall–Kier alpha value is -1.75. The Morgan fingerprint density at radius 2 is 2.00 bits per heavy atom. The van der Waals surface area contributed by atoms with Crippen LogP contribution in [0.15, 0.2) is 18.2 Å². The highest BCUT2D eigenvalue weighted by atomic mass is 16.1. The standard InChI is InChI=1S/C14H24N4O/c1-3-18(4-2)9-5-8-17-13-10-11(15)6-7-12(13)14(16)19/h6-7,10,17H,3-5,8-9,15H2,1-2H3,(H2,16,19). The number of nitrogen functional groups attached to an aromatic ring is 1. The number of amides is 1. The van der Waals surface area contributed by atoms with Crippen molar-refractivity contribution in [3.8, 4) is 0 Å². The van der Waals surface area contributed by atoms with Crippen LogP contribution in [0.3, 0.4) is 0 Å². The fourth-order valence-corrected chi connectivity index (χ4v) is 1.99. The molecule has 0 aromatic heterocycles. The molecule has 0 heterocycles. The minimum absolute atomic E-state index is 0.439. The average Bonchev–Trinajstić information content (AvgIpc) is 2.38. The molecule has 0 fully saturated rings. The normalized spacial score (nSPS) is 10.7. The zero-order valence-electron chi connectivity index (χ0n) is 11.8. The molecule has 5 heteroatoms. The van der Waals surface area contributed by atoms with Gasteiger partial charge < -0.3 is 21.7 Å². The first-order valence-electron chi connectivity index (χ1n) is 6.74.